The molecule has 7 nitrogen and oxygen atoms in total. The molecule has 3 rings (SSSR count). The van der Waals surface area contributed by atoms with Gasteiger partial charge in [0.2, 0.25) is 5.82 Å². The molecule has 0 aromatic carbocycles. The van der Waals surface area contributed by atoms with Gasteiger partial charge in [0.05, 0.1) is 13.2 Å². The van der Waals surface area contributed by atoms with Crippen molar-refractivity contribution in [1.29, 1.82) is 0 Å². The molecular formula is C15H19N3O4. The summed E-state index contributed by atoms with van der Waals surface area (Å²) in [5.74, 6) is 0.990. The Balaban J connectivity index is 1.82. The maximum absolute atomic E-state index is 12.4. The van der Waals surface area contributed by atoms with Crippen molar-refractivity contribution in [3.8, 4) is 5.95 Å². The Morgan fingerprint density at radius 3 is 2.59 bits per heavy atom. The SMILES string of the molecule is COc1cc(N=NC2=C(O)C3CC(C)C(C)CC3C2=O)no1. The fraction of sp³-hybridized carbons (Fsp3) is 0.600. The standard InChI is InChI=1S/C15H19N3O4/c1-7-4-9-10(5-8(7)2)15(20)13(14(9)19)17-16-11-6-12(21-3)22-18-11/h6-10,19H,4-5H2,1-3H3. The van der Waals surface area contributed by atoms with E-state index in [1.54, 1.807) is 0 Å². The van der Waals surface area contributed by atoms with Crippen LogP contribution >= 0.6 is 0 Å². The number of rotatable bonds is 3. The van der Waals surface area contributed by atoms with Crippen LogP contribution in [-0.2, 0) is 4.79 Å². The van der Waals surface area contributed by atoms with E-state index in [1.165, 1.54) is 13.2 Å². The molecule has 1 saturated carbocycles. The molecule has 1 heterocycles. The van der Waals surface area contributed by atoms with Gasteiger partial charge < -0.3 is 14.4 Å². The van der Waals surface area contributed by atoms with Gasteiger partial charge in [-0.15, -0.1) is 10.2 Å². The number of allylic oxidation sites excluding steroid dienone is 2. The summed E-state index contributed by atoms with van der Waals surface area (Å²) >= 11 is 0. The van der Waals surface area contributed by atoms with Gasteiger partial charge in [-0.05, 0) is 24.7 Å². The first-order chi connectivity index (χ1) is 10.5. The zero-order valence-electron chi connectivity index (χ0n) is 12.8. The van der Waals surface area contributed by atoms with Crippen molar-refractivity contribution >= 4 is 11.6 Å². The lowest BCUT2D eigenvalue weighted by atomic mass is 9.70. The number of nitrogens with zero attached hydrogens (tertiary/aromatic N) is 3. The number of carbonyl (C=O) groups excluding carboxylic acids is 1. The van der Waals surface area contributed by atoms with Crippen molar-refractivity contribution in [1.82, 2.24) is 5.16 Å². The maximum Gasteiger partial charge on any atom is 0.313 e. The van der Waals surface area contributed by atoms with Crippen LogP contribution in [0.1, 0.15) is 26.7 Å². The zero-order valence-corrected chi connectivity index (χ0v) is 12.8. The van der Waals surface area contributed by atoms with Crippen molar-refractivity contribution in [3.05, 3.63) is 17.5 Å². The fourth-order valence-electron chi connectivity index (χ4n) is 3.26. The number of hydrogen-bond donors (Lipinski definition) is 1. The average molecular weight is 305 g/mol. The largest absolute Gasteiger partial charge is 0.510 e. The first-order valence-corrected chi connectivity index (χ1v) is 7.41. The number of ether oxygens (including phenoxy) is 1. The number of aromatic nitrogens is 1. The lowest BCUT2D eigenvalue weighted by Gasteiger charge is -2.34. The van der Waals surface area contributed by atoms with Crippen LogP contribution in [-0.4, -0.2) is 23.2 Å². The molecule has 1 aromatic rings. The number of fused-ring (bicyclic) bond motifs is 1. The summed E-state index contributed by atoms with van der Waals surface area (Å²) in [4.78, 5) is 12.4. The second kappa shape index (κ2) is 5.55. The van der Waals surface area contributed by atoms with Gasteiger partial charge >= 0.3 is 5.95 Å². The quantitative estimate of drug-likeness (QED) is 0.863. The second-order valence-corrected chi connectivity index (χ2v) is 6.15. The molecule has 4 atom stereocenters. The molecule has 7 heteroatoms. The second-order valence-electron chi connectivity index (χ2n) is 6.15. The summed E-state index contributed by atoms with van der Waals surface area (Å²) in [6.07, 6.45) is 1.59. The highest BCUT2D eigenvalue weighted by atomic mass is 16.6. The molecule has 118 valence electrons. The Labute approximate surface area is 128 Å². The van der Waals surface area contributed by atoms with Gasteiger partial charge in [0.15, 0.2) is 11.5 Å². The predicted molar refractivity (Wildman–Crippen MR) is 76.8 cm³/mol. The van der Waals surface area contributed by atoms with E-state index >= 15 is 0 Å². The Morgan fingerprint density at radius 1 is 1.27 bits per heavy atom. The van der Waals surface area contributed by atoms with Crippen LogP contribution in [0.25, 0.3) is 0 Å². The molecule has 4 unspecified atom stereocenters. The molecule has 1 aromatic heterocycles. The highest BCUT2D eigenvalue weighted by molar-refractivity contribution is 6.00. The smallest absolute Gasteiger partial charge is 0.313 e. The Hall–Kier alpha value is -2.18. The molecule has 0 bridgehead atoms. The van der Waals surface area contributed by atoms with Crippen molar-refractivity contribution in [2.24, 2.45) is 33.9 Å². The Bertz CT molecular complexity index is 649. The van der Waals surface area contributed by atoms with E-state index in [0.29, 0.717) is 11.8 Å². The predicted octanol–water partition coefficient (Wildman–Crippen LogP) is 3.42. The Morgan fingerprint density at radius 2 is 1.95 bits per heavy atom. The van der Waals surface area contributed by atoms with Gasteiger partial charge in [0.1, 0.15) is 5.76 Å². The van der Waals surface area contributed by atoms with Crippen molar-refractivity contribution < 1.29 is 19.2 Å². The van der Waals surface area contributed by atoms with Crippen LogP contribution in [0.2, 0.25) is 0 Å². The number of aliphatic hydroxyl groups is 1. The van der Waals surface area contributed by atoms with E-state index in [9.17, 15) is 9.90 Å². The number of carbonyl (C=O) groups is 1. The molecule has 2 aliphatic rings. The third kappa shape index (κ3) is 2.40. The minimum atomic E-state index is -0.174. The van der Waals surface area contributed by atoms with Crippen molar-refractivity contribution in [2.75, 3.05) is 7.11 Å². The highest BCUT2D eigenvalue weighted by Crippen LogP contribution is 2.47. The molecule has 2 aliphatic carbocycles. The third-order valence-corrected chi connectivity index (χ3v) is 4.80. The first kappa shape index (κ1) is 14.7. The molecular weight excluding hydrogens is 286 g/mol. The summed E-state index contributed by atoms with van der Waals surface area (Å²) < 4.78 is 9.67. The molecule has 0 saturated heterocycles. The number of hydrogen-bond acceptors (Lipinski definition) is 7. The van der Waals surface area contributed by atoms with Gasteiger partial charge in [-0.2, -0.15) is 0 Å². The van der Waals surface area contributed by atoms with E-state index < -0.39 is 0 Å². The van der Waals surface area contributed by atoms with Crippen LogP contribution in [0.5, 0.6) is 5.95 Å². The van der Waals surface area contributed by atoms with Gasteiger partial charge in [0, 0.05) is 11.8 Å². The van der Waals surface area contributed by atoms with E-state index in [1.807, 2.05) is 0 Å². The monoisotopic (exact) mass is 305 g/mol. The van der Waals surface area contributed by atoms with Gasteiger partial charge in [-0.1, -0.05) is 19.0 Å². The molecule has 0 amide bonds. The fourth-order valence-corrected chi connectivity index (χ4v) is 3.26. The molecule has 22 heavy (non-hydrogen) atoms. The number of Topliss-reactive ketones (excluding diaryl/α,β-unsaturated/α-hetero) is 1. The summed E-state index contributed by atoms with van der Waals surface area (Å²) in [5.41, 5.74) is 0.0540. The van der Waals surface area contributed by atoms with Crippen molar-refractivity contribution in [2.45, 2.75) is 26.7 Å². The number of azo groups is 1. The van der Waals surface area contributed by atoms with E-state index in [-0.39, 0.29) is 40.8 Å². The molecule has 0 aliphatic heterocycles. The summed E-state index contributed by atoms with van der Waals surface area (Å²) in [6, 6.07) is 1.46. The lowest BCUT2D eigenvalue weighted by Crippen LogP contribution is -2.30. The minimum absolute atomic E-state index is 0.0540. The van der Waals surface area contributed by atoms with Crippen LogP contribution in [0.3, 0.4) is 0 Å². The Kier molecular flexibility index (Phi) is 3.72. The van der Waals surface area contributed by atoms with Gasteiger partial charge in [-0.25, -0.2) is 0 Å². The average Bonchev–Trinajstić information content (AvgIpc) is 3.04. The maximum atomic E-state index is 12.4. The number of methoxy groups -OCH3 is 1. The van der Waals surface area contributed by atoms with Crippen LogP contribution in [0.4, 0.5) is 5.82 Å². The topological polar surface area (TPSA) is 97.3 Å². The molecule has 0 radical (unpaired) electrons. The summed E-state index contributed by atoms with van der Waals surface area (Å²) in [5, 5.41) is 21.7. The normalized spacial score (nSPS) is 31.9. The van der Waals surface area contributed by atoms with Gasteiger partial charge in [-0.3, -0.25) is 4.79 Å². The zero-order chi connectivity index (χ0) is 15.9. The third-order valence-electron chi connectivity index (χ3n) is 4.80. The van der Waals surface area contributed by atoms with Crippen LogP contribution in [0, 0.1) is 23.7 Å². The number of aliphatic hydroxyl groups excluding tert-OH is 1. The number of ketones is 1. The highest BCUT2D eigenvalue weighted by Gasteiger charge is 2.47. The van der Waals surface area contributed by atoms with E-state index in [4.69, 9.17) is 9.26 Å². The summed E-state index contributed by atoms with van der Waals surface area (Å²) in [6.45, 7) is 4.30. The van der Waals surface area contributed by atoms with Gasteiger partial charge in [0.25, 0.3) is 0 Å². The van der Waals surface area contributed by atoms with E-state index in [2.05, 4.69) is 29.2 Å². The van der Waals surface area contributed by atoms with Crippen LogP contribution < -0.4 is 4.74 Å². The van der Waals surface area contributed by atoms with Crippen LogP contribution in [0.15, 0.2) is 32.3 Å². The van der Waals surface area contributed by atoms with Crippen molar-refractivity contribution in [3.63, 3.8) is 0 Å². The van der Waals surface area contributed by atoms with E-state index in [0.717, 1.165) is 12.8 Å². The molecule has 1 N–H and O–H groups in total. The minimum Gasteiger partial charge on any atom is -0.510 e. The molecule has 1 fully saturated rings. The summed E-state index contributed by atoms with van der Waals surface area (Å²) in [7, 11) is 1.45. The lowest BCUT2D eigenvalue weighted by molar-refractivity contribution is -0.121. The molecule has 0 spiro atoms. The first-order valence-electron chi connectivity index (χ1n) is 7.41.